The van der Waals surface area contributed by atoms with Crippen molar-refractivity contribution < 1.29 is 14.6 Å². The highest BCUT2D eigenvalue weighted by molar-refractivity contribution is 5.73. The lowest BCUT2D eigenvalue weighted by molar-refractivity contribution is -0.138. The number of nitrogens with zero attached hydrogens (tertiary/aromatic N) is 1. The van der Waals surface area contributed by atoms with E-state index in [1.54, 1.807) is 18.2 Å². The number of aliphatic carboxylic acids is 1. The minimum absolute atomic E-state index is 0.106. The van der Waals surface area contributed by atoms with Gasteiger partial charge in [0.05, 0.1) is 11.6 Å². The quantitative estimate of drug-likeness (QED) is 0.850. The molecule has 0 aliphatic heterocycles. The highest BCUT2D eigenvalue weighted by atomic mass is 16.5. The molecule has 0 saturated carbocycles. The SMILES string of the molecule is N#Cc1ccc(OCc2ccccc2)c(C[C@H](N)C(=O)O)c1. The van der Waals surface area contributed by atoms with Gasteiger partial charge in [-0.25, -0.2) is 0 Å². The molecule has 1 atom stereocenters. The average molecular weight is 296 g/mol. The first-order valence-electron chi connectivity index (χ1n) is 6.78. The monoisotopic (exact) mass is 296 g/mol. The summed E-state index contributed by atoms with van der Waals surface area (Å²) in [6.45, 7) is 0.363. The zero-order valence-electron chi connectivity index (χ0n) is 11.9. The predicted molar refractivity (Wildman–Crippen MR) is 81.2 cm³/mol. The second-order valence-corrected chi connectivity index (χ2v) is 4.86. The number of carboxylic acids is 1. The van der Waals surface area contributed by atoms with Crippen LogP contribution in [0.5, 0.6) is 5.75 Å². The lowest BCUT2D eigenvalue weighted by Crippen LogP contribution is -2.32. The van der Waals surface area contributed by atoms with Crippen LogP contribution >= 0.6 is 0 Å². The Bertz CT molecular complexity index is 693. The van der Waals surface area contributed by atoms with Gasteiger partial charge in [-0.2, -0.15) is 5.26 Å². The van der Waals surface area contributed by atoms with Gasteiger partial charge in [-0.15, -0.1) is 0 Å². The lowest BCUT2D eigenvalue weighted by atomic mass is 10.0. The number of benzene rings is 2. The lowest BCUT2D eigenvalue weighted by Gasteiger charge is -2.14. The molecule has 5 heteroatoms. The molecule has 0 saturated heterocycles. The maximum Gasteiger partial charge on any atom is 0.320 e. The summed E-state index contributed by atoms with van der Waals surface area (Å²) in [5.74, 6) is -0.545. The largest absolute Gasteiger partial charge is 0.489 e. The number of hydrogen-bond donors (Lipinski definition) is 2. The molecule has 2 aromatic rings. The molecule has 2 aromatic carbocycles. The van der Waals surface area contributed by atoms with Crippen molar-refractivity contribution in [2.24, 2.45) is 5.73 Å². The van der Waals surface area contributed by atoms with Crippen molar-refractivity contribution in [1.29, 1.82) is 5.26 Å². The van der Waals surface area contributed by atoms with E-state index in [-0.39, 0.29) is 6.42 Å². The number of nitriles is 1. The normalized spacial score (nSPS) is 11.5. The van der Waals surface area contributed by atoms with E-state index in [0.29, 0.717) is 23.5 Å². The van der Waals surface area contributed by atoms with Crippen molar-refractivity contribution in [2.45, 2.75) is 19.1 Å². The summed E-state index contributed by atoms with van der Waals surface area (Å²) >= 11 is 0. The molecule has 112 valence electrons. The molecule has 3 N–H and O–H groups in total. The van der Waals surface area contributed by atoms with E-state index in [0.717, 1.165) is 5.56 Å². The molecule has 0 aliphatic rings. The fourth-order valence-electron chi connectivity index (χ4n) is 2.01. The van der Waals surface area contributed by atoms with Gasteiger partial charge in [0.25, 0.3) is 0 Å². The summed E-state index contributed by atoms with van der Waals surface area (Å²) in [4.78, 5) is 10.9. The molecule has 0 spiro atoms. The van der Waals surface area contributed by atoms with Crippen LogP contribution in [0.4, 0.5) is 0 Å². The Morgan fingerprint density at radius 2 is 2.00 bits per heavy atom. The first kappa shape index (κ1) is 15.5. The summed E-state index contributed by atoms with van der Waals surface area (Å²) in [7, 11) is 0. The zero-order valence-corrected chi connectivity index (χ0v) is 11.9. The van der Waals surface area contributed by atoms with Crippen molar-refractivity contribution in [2.75, 3.05) is 0 Å². The van der Waals surface area contributed by atoms with Crippen LogP contribution in [-0.4, -0.2) is 17.1 Å². The fraction of sp³-hybridized carbons (Fsp3) is 0.176. The van der Waals surface area contributed by atoms with Crippen molar-refractivity contribution in [1.82, 2.24) is 0 Å². The standard InChI is InChI=1S/C17H16N2O3/c18-10-13-6-7-16(14(8-13)9-15(19)17(20)21)22-11-12-4-2-1-3-5-12/h1-8,15H,9,11,19H2,(H,20,21)/t15-/m0/s1. The maximum absolute atomic E-state index is 10.9. The minimum Gasteiger partial charge on any atom is -0.489 e. The molecule has 5 nitrogen and oxygen atoms in total. The summed E-state index contributed by atoms with van der Waals surface area (Å²) in [5, 5.41) is 17.9. The van der Waals surface area contributed by atoms with E-state index in [1.807, 2.05) is 36.4 Å². The molecule has 0 radical (unpaired) electrons. The van der Waals surface area contributed by atoms with E-state index >= 15 is 0 Å². The summed E-state index contributed by atoms with van der Waals surface area (Å²) in [6, 6.07) is 15.5. The van der Waals surface area contributed by atoms with Gasteiger partial charge in [0, 0.05) is 6.42 Å². The Balaban J connectivity index is 2.18. The zero-order chi connectivity index (χ0) is 15.9. The summed E-state index contributed by atoms with van der Waals surface area (Å²) in [5.41, 5.74) is 7.64. The van der Waals surface area contributed by atoms with Gasteiger partial charge in [0.2, 0.25) is 0 Å². The molecule has 0 amide bonds. The molecular formula is C17H16N2O3. The van der Waals surface area contributed by atoms with E-state index in [2.05, 4.69) is 0 Å². The molecule has 2 rings (SSSR count). The van der Waals surface area contributed by atoms with Crippen LogP contribution in [0.1, 0.15) is 16.7 Å². The second kappa shape index (κ2) is 7.25. The molecule has 22 heavy (non-hydrogen) atoms. The Labute approximate surface area is 128 Å². The van der Waals surface area contributed by atoms with Gasteiger partial charge < -0.3 is 15.6 Å². The number of carboxylic acid groups (broad SMARTS) is 1. The van der Waals surface area contributed by atoms with Crippen LogP contribution in [-0.2, 0) is 17.8 Å². The van der Waals surface area contributed by atoms with E-state index < -0.39 is 12.0 Å². The molecule has 0 fully saturated rings. The minimum atomic E-state index is -1.09. The first-order chi connectivity index (χ1) is 10.6. The molecule has 0 bridgehead atoms. The third-order valence-electron chi connectivity index (χ3n) is 3.18. The Hall–Kier alpha value is -2.84. The first-order valence-corrected chi connectivity index (χ1v) is 6.78. The van der Waals surface area contributed by atoms with Gasteiger partial charge in [-0.1, -0.05) is 30.3 Å². The van der Waals surface area contributed by atoms with Gasteiger partial charge in [-0.05, 0) is 29.3 Å². The van der Waals surface area contributed by atoms with Gasteiger partial charge >= 0.3 is 5.97 Å². The highest BCUT2D eigenvalue weighted by Crippen LogP contribution is 2.22. The molecule has 0 aliphatic carbocycles. The van der Waals surface area contributed by atoms with Crippen LogP contribution in [0.3, 0.4) is 0 Å². The summed E-state index contributed by atoms with van der Waals surface area (Å²) < 4.78 is 5.75. The van der Waals surface area contributed by atoms with E-state index in [9.17, 15) is 4.79 Å². The Morgan fingerprint density at radius 1 is 1.27 bits per heavy atom. The van der Waals surface area contributed by atoms with Crippen LogP contribution in [0.15, 0.2) is 48.5 Å². The maximum atomic E-state index is 10.9. The van der Waals surface area contributed by atoms with Gasteiger partial charge in [-0.3, -0.25) is 4.79 Å². The smallest absolute Gasteiger partial charge is 0.320 e. The Morgan fingerprint density at radius 3 is 2.64 bits per heavy atom. The second-order valence-electron chi connectivity index (χ2n) is 4.86. The molecule has 0 unspecified atom stereocenters. The number of carbonyl (C=O) groups is 1. The van der Waals surface area contributed by atoms with Crippen LogP contribution in [0.2, 0.25) is 0 Å². The van der Waals surface area contributed by atoms with Crippen LogP contribution < -0.4 is 10.5 Å². The Kier molecular flexibility index (Phi) is 5.12. The third-order valence-corrected chi connectivity index (χ3v) is 3.18. The number of nitrogens with two attached hydrogens (primary N) is 1. The van der Waals surface area contributed by atoms with Crippen LogP contribution in [0.25, 0.3) is 0 Å². The molecular weight excluding hydrogens is 280 g/mol. The third kappa shape index (κ3) is 4.08. The van der Waals surface area contributed by atoms with Crippen molar-refractivity contribution >= 4 is 5.97 Å². The molecule has 0 aromatic heterocycles. The number of hydrogen-bond acceptors (Lipinski definition) is 4. The van der Waals surface area contributed by atoms with Gasteiger partial charge in [0.15, 0.2) is 0 Å². The predicted octanol–water partition coefficient (Wildman–Crippen LogP) is 2.09. The van der Waals surface area contributed by atoms with E-state index in [1.165, 1.54) is 0 Å². The molecule has 0 heterocycles. The van der Waals surface area contributed by atoms with Crippen LogP contribution in [0, 0.1) is 11.3 Å². The van der Waals surface area contributed by atoms with Crippen molar-refractivity contribution in [3.63, 3.8) is 0 Å². The highest BCUT2D eigenvalue weighted by Gasteiger charge is 2.16. The van der Waals surface area contributed by atoms with Crippen molar-refractivity contribution in [3.05, 3.63) is 65.2 Å². The van der Waals surface area contributed by atoms with E-state index in [4.69, 9.17) is 20.8 Å². The topological polar surface area (TPSA) is 96.3 Å². The summed E-state index contributed by atoms with van der Waals surface area (Å²) in [6.07, 6.45) is 0.106. The fourth-order valence-corrected chi connectivity index (χ4v) is 2.01. The van der Waals surface area contributed by atoms with Crippen molar-refractivity contribution in [3.8, 4) is 11.8 Å². The number of rotatable bonds is 6. The number of ether oxygens (including phenoxy) is 1. The average Bonchev–Trinajstić information content (AvgIpc) is 2.54. The van der Waals surface area contributed by atoms with Gasteiger partial charge in [0.1, 0.15) is 18.4 Å².